The highest BCUT2D eigenvalue weighted by molar-refractivity contribution is 7.90. The molecular formula is C16H25N3O3S. The van der Waals surface area contributed by atoms with Crippen molar-refractivity contribution in [1.29, 1.82) is 0 Å². The van der Waals surface area contributed by atoms with Crippen LogP contribution in [0.3, 0.4) is 0 Å². The van der Waals surface area contributed by atoms with E-state index in [0.29, 0.717) is 16.9 Å². The number of nitrogens with two attached hydrogens (primary N) is 1. The molecule has 1 saturated heterocycles. The molecule has 0 bridgehead atoms. The minimum absolute atomic E-state index is 0.0805. The fourth-order valence-electron chi connectivity index (χ4n) is 2.98. The van der Waals surface area contributed by atoms with Crippen LogP contribution in [0.15, 0.2) is 15.4 Å². The Labute approximate surface area is 138 Å². The Kier molecular flexibility index (Phi) is 5.19. The lowest BCUT2D eigenvalue weighted by atomic mass is 10.1. The molecule has 0 amide bonds. The van der Waals surface area contributed by atoms with Crippen LogP contribution >= 0.6 is 0 Å². The summed E-state index contributed by atoms with van der Waals surface area (Å²) in [5.74, 6) is 0.754. The third-order valence-electron chi connectivity index (χ3n) is 4.35. The maximum atomic E-state index is 12.7. The summed E-state index contributed by atoms with van der Waals surface area (Å²) >= 11 is 0. The van der Waals surface area contributed by atoms with E-state index in [2.05, 4.69) is 4.40 Å². The summed E-state index contributed by atoms with van der Waals surface area (Å²) in [5, 5.41) is 0. The van der Waals surface area contributed by atoms with Crippen molar-refractivity contribution in [2.45, 2.75) is 44.9 Å². The second-order valence-corrected chi connectivity index (χ2v) is 7.49. The fourth-order valence-corrected chi connectivity index (χ4v) is 4.44. The molecule has 1 aliphatic heterocycles. The molecule has 2 N–H and O–H groups in total. The van der Waals surface area contributed by atoms with Gasteiger partial charge in [-0.3, -0.25) is 0 Å². The Hall–Kier alpha value is -1.76. The van der Waals surface area contributed by atoms with E-state index in [1.54, 1.807) is 27.0 Å². The molecule has 0 aromatic heterocycles. The van der Waals surface area contributed by atoms with Gasteiger partial charge in [0.2, 0.25) is 5.96 Å². The average molecular weight is 339 g/mol. The smallest absolute Gasteiger partial charge is 0.286 e. The van der Waals surface area contributed by atoms with Gasteiger partial charge in [-0.2, -0.15) is 8.42 Å². The van der Waals surface area contributed by atoms with Crippen molar-refractivity contribution in [3.8, 4) is 5.75 Å². The number of nitrogens with zero attached hydrogens (tertiary/aromatic N) is 2. The van der Waals surface area contributed by atoms with Crippen molar-refractivity contribution in [2.24, 2.45) is 10.1 Å². The van der Waals surface area contributed by atoms with Gasteiger partial charge in [-0.1, -0.05) is 0 Å². The van der Waals surface area contributed by atoms with Crippen LogP contribution in [0.1, 0.15) is 36.0 Å². The van der Waals surface area contributed by atoms with E-state index in [1.807, 2.05) is 11.8 Å². The summed E-state index contributed by atoms with van der Waals surface area (Å²) in [6, 6.07) is 1.72. The fraction of sp³-hybridized carbons (Fsp3) is 0.562. The first kappa shape index (κ1) is 17.6. The lowest BCUT2D eigenvalue weighted by molar-refractivity contribution is 0.339. The van der Waals surface area contributed by atoms with Crippen LogP contribution in [0.2, 0.25) is 0 Å². The van der Waals surface area contributed by atoms with Crippen molar-refractivity contribution in [1.82, 2.24) is 4.90 Å². The first-order chi connectivity index (χ1) is 10.8. The van der Waals surface area contributed by atoms with Gasteiger partial charge in [0.25, 0.3) is 10.0 Å². The average Bonchev–Trinajstić information content (AvgIpc) is 2.51. The minimum Gasteiger partial charge on any atom is -0.496 e. The third-order valence-corrected chi connectivity index (χ3v) is 5.92. The summed E-state index contributed by atoms with van der Waals surface area (Å²) in [6.07, 6.45) is 3.17. The van der Waals surface area contributed by atoms with E-state index in [4.69, 9.17) is 10.5 Å². The molecule has 0 saturated carbocycles. The lowest BCUT2D eigenvalue weighted by Crippen LogP contribution is -2.41. The maximum absolute atomic E-state index is 12.7. The number of methoxy groups -OCH3 is 1. The van der Waals surface area contributed by atoms with Gasteiger partial charge in [-0.25, -0.2) is 0 Å². The number of benzene rings is 1. The predicted molar refractivity (Wildman–Crippen MR) is 91.4 cm³/mol. The van der Waals surface area contributed by atoms with Crippen LogP contribution in [0.25, 0.3) is 0 Å². The molecule has 7 heteroatoms. The number of guanidine groups is 1. The molecule has 1 aromatic rings. The van der Waals surface area contributed by atoms with Crippen LogP contribution in [-0.2, 0) is 10.0 Å². The minimum atomic E-state index is -3.85. The number of hydrogen-bond donors (Lipinski definition) is 1. The van der Waals surface area contributed by atoms with Crippen molar-refractivity contribution in [3.05, 3.63) is 22.8 Å². The Morgan fingerprint density at radius 1 is 1.17 bits per heavy atom. The molecular weight excluding hydrogens is 314 g/mol. The molecule has 0 unspecified atom stereocenters. The molecule has 128 valence electrons. The number of hydrogen-bond acceptors (Lipinski definition) is 3. The van der Waals surface area contributed by atoms with E-state index in [-0.39, 0.29) is 10.9 Å². The summed E-state index contributed by atoms with van der Waals surface area (Å²) in [6.45, 7) is 6.86. The van der Waals surface area contributed by atoms with Crippen molar-refractivity contribution >= 4 is 16.0 Å². The molecule has 0 radical (unpaired) electrons. The van der Waals surface area contributed by atoms with Gasteiger partial charge in [0.15, 0.2) is 0 Å². The Morgan fingerprint density at radius 3 is 2.35 bits per heavy atom. The van der Waals surface area contributed by atoms with Gasteiger partial charge >= 0.3 is 0 Å². The van der Waals surface area contributed by atoms with Gasteiger partial charge in [0, 0.05) is 13.1 Å². The lowest BCUT2D eigenvalue weighted by Gasteiger charge is -2.27. The summed E-state index contributed by atoms with van der Waals surface area (Å²) in [5.41, 5.74) is 7.99. The van der Waals surface area contributed by atoms with Crippen LogP contribution in [0.5, 0.6) is 5.75 Å². The SMILES string of the molecule is COc1cc(C)c(S(=O)(=O)/N=C(\N)N2CCCCC2)c(C)c1C. The molecule has 23 heavy (non-hydrogen) atoms. The number of ether oxygens (including phenoxy) is 1. The van der Waals surface area contributed by atoms with Crippen LogP contribution in [0, 0.1) is 20.8 Å². The van der Waals surface area contributed by atoms with E-state index in [1.165, 1.54) is 0 Å². The normalized spacial score (nSPS) is 16.5. The number of aryl methyl sites for hydroxylation is 1. The summed E-state index contributed by atoms with van der Waals surface area (Å²) in [7, 11) is -2.28. The third kappa shape index (κ3) is 3.60. The highest BCUT2D eigenvalue weighted by atomic mass is 32.2. The Balaban J connectivity index is 2.45. The number of piperidine rings is 1. The van der Waals surface area contributed by atoms with E-state index >= 15 is 0 Å². The Bertz CT molecular complexity index is 721. The first-order valence-electron chi connectivity index (χ1n) is 7.78. The van der Waals surface area contributed by atoms with E-state index in [0.717, 1.165) is 37.9 Å². The van der Waals surface area contributed by atoms with Crippen LogP contribution in [0.4, 0.5) is 0 Å². The van der Waals surface area contributed by atoms with E-state index in [9.17, 15) is 8.42 Å². The number of rotatable bonds is 3. The molecule has 1 aromatic carbocycles. The van der Waals surface area contributed by atoms with Gasteiger partial charge in [0.1, 0.15) is 5.75 Å². The van der Waals surface area contributed by atoms with Crippen molar-refractivity contribution in [3.63, 3.8) is 0 Å². The molecule has 2 rings (SSSR count). The highest BCUT2D eigenvalue weighted by Gasteiger charge is 2.24. The number of sulfonamides is 1. The molecule has 1 heterocycles. The van der Waals surface area contributed by atoms with Gasteiger partial charge in [-0.15, -0.1) is 4.40 Å². The summed E-state index contributed by atoms with van der Waals surface area (Å²) < 4.78 is 34.6. The van der Waals surface area contributed by atoms with Gasteiger partial charge < -0.3 is 15.4 Å². The van der Waals surface area contributed by atoms with Crippen molar-refractivity contribution < 1.29 is 13.2 Å². The number of likely N-dealkylation sites (tertiary alicyclic amines) is 1. The molecule has 1 aliphatic rings. The topological polar surface area (TPSA) is 85.0 Å². The van der Waals surface area contributed by atoms with Gasteiger partial charge in [0.05, 0.1) is 12.0 Å². The zero-order chi connectivity index (χ0) is 17.2. The second kappa shape index (κ2) is 6.78. The zero-order valence-corrected chi connectivity index (χ0v) is 15.0. The standard InChI is InChI=1S/C16H25N3O3S/c1-11-10-14(22-4)12(2)13(3)15(11)23(20,21)18-16(17)19-8-6-5-7-9-19/h10H,5-9H2,1-4H3,(H2,17,18). The molecule has 0 aliphatic carbocycles. The molecule has 0 atom stereocenters. The Morgan fingerprint density at radius 2 is 1.78 bits per heavy atom. The van der Waals surface area contributed by atoms with Crippen LogP contribution < -0.4 is 10.5 Å². The zero-order valence-electron chi connectivity index (χ0n) is 14.2. The molecule has 6 nitrogen and oxygen atoms in total. The quantitative estimate of drug-likeness (QED) is 0.673. The predicted octanol–water partition coefficient (Wildman–Crippen LogP) is 2.11. The highest BCUT2D eigenvalue weighted by Crippen LogP contribution is 2.31. The van der Waals surface area contributed by atoms with E-state index < -0.39 is 10.0 Å². The maximum Gasteiger partial charge on any atom is 0.286 e. The van der Waals surface area contributed by atoms with Gasteiger partial charge in [-0.05, 0) is 62.8 Å². The first-order valence-corrected chi connectivity index (χ1v) is 9.22. The second-order valence-electron chi connectivity index (χ2n) is 5.95. The molecule has 0 spiro atoms. The van der Waals surface area contributed by atoms with Crippen molar-refractivity contribution in [2.75, 3.05) is 20.2 Å². The molecule has 1 fully saturated rings. The summed E-state index contributed by atoms with van der Waals surface area (Å²) in [4.78, 5) is 2.05. The monoisotopic (exact) mass is 339 g/mol. The van der Waals surface area contributed by atoms with Crippen LogP contribution in [-0.4, -0.2) is 39.5 Å². The largest absolute Gasteiger partial charge is 0.496 e.